The van der Waals surface area contributed by atoms with E-state index in [9.17, 15) is 13.2 Å². The van der Waals surface area contributed by atoms with Crippen LogP contribution in [0.5, 0.6) is 17.2 Å². The maximum atomic E-state index is 14.8. The zero-order valence-corrected chi connectivity index (χ0v) is 19.6. The van der Waals surface area contributed by atoms with E-state index in [-0.39, 0.29) is 16.9 Å². The summed E-state index contributed by atoms with van der Waals surface area (Å²) in [4.78, 5) is 1.94. The number of likely N-dealkylation sites (N-methyl/N-ethyl adjacent to an activating group) is 1. The largest absolute Gasteiger partial charge is 0.497 e. The molecule has 0 fully saturated rings. The SMILES string of the molecule is COc1ccc(C(=C(c2ccccc2)c2ccccc2OCCN(C)C)C(F)(F)F)c(OC)c1. The van der Waals surface area contributed by atoms with Gasteiger partial charge in [-0.25, -0.2) is 0 Å². The van der Waals surface area contributed by atoms with Crippen LogP contribution >= 0.6 is 0 Å². The van der Waals surface area contributed by atoms with Crippen LogP contribution in [-0.4, -0.2) is 52.5 Å². The molecule has 0 aliphatic rings. The Morgan fingerprint density at radius 2 is 1.47 bits per heavy atom. The van der Waals surface area contributed by atoms with Gasteiger partial charge < -0.3 is 19.1 Å². The van der Waals surface area contributed by atoms with Crippen molar-refractivity contribution in [1.29, 1.82) is 0 Å². The molecule has 0 spiro atoms. The average Bonchev–Trinajstić information content (AvgIpc) is 2.82. The highest BCUT2D eigenvalue weighted by Crippen LogP contribution is 2.47. The van der Waals surface area contributed by atoms with E-state index in [1.54, 1.807) is 54.6 Å². The van der Waals surface area contributed by atoms with E-state index < -0.39 is 11.7 Å². The smallest absolute Gasteiger partial charge is 0.417 e. The number of allylic oxidation sites excluding steroid dienone is 1. The molecule has 0 amide bonds. The summed E-state index contributed by atoms with van der Waals surface area (Å²) in [6, 6.07) is 19.6. The number of methoxy groups -OCH3 is 2. The van der Waals surface area contributed by atoms with E-state index in [0.29, 0.717) is 35.8 Å². The molecular weight excluding hydrogens is 443 g/mol. The summed E-state index contributed by atoms with van der Waals surface area (Å²) >= 11 is 0. The van der Waals surface area contributed by atoms with Crippen molar-refractivity contribution in [3.8, 4) is 17.2 Å². The minimum Gasteiger partial charge on any atom is -0.497 e. The van der Waals surface area contributed by atoms with Crippen LogP contribution in [0.25, 0.3) is 11.1 Å². The average molecular weight is 472 g/mol. The molecule has 0 unspecified atom stereocenters. The number of hydrogen-bond donors (Lipinski definition) is 0. The van der Waals surface area contributed by atoms with Crippen LogP contribution in [0.1, 0.15) is 16.7 Å². The van der Waals surface area contributed by atoms with Crippen molar-refractivity contribution in [1.82, 2.24) is 4.90 Å². The van der Waals surface area contributed by atoms with Crippen molar-refractivity contribution < 1.29 is 27.4 Å². The first kappa shape index (κ1) is 25.2. The molecular formula is C27H28F3NO3. The molecule has 0 aliphatic heterocycles. The van der Waals surface area contributed by atoms with Crippen LogP contribution in [0.4, 0.5) is 13.2 Å². The monoisotopic (exact) mass is 471 g/mol. The van der Waals surface area contributed by atoms with Gasteiger partial charge in [0.1, 0.15) is 23.9 Å². The van der Waals surface area contributed by atoms with Gasteiger partial charge in [-0.1, -0.05) is 48.5 Å². The number of alkyl halides is 3. The van der Waals surface area contributed by atoms with Gasteiger partial charge in [-0.05, 0) is 37.9 Å². The molecule has 0 aliphatic carbocycles. The van der Waals surface area contributed by atoms with E-state index in [1.807, 2.05) is 19.0 Å². The number of hydrogen-bond acceptors (Lipinski definition) is 4. The quantitative estimate of drug-likeness (QED) is 0.350. The van der Waals surface area contributed by atoms with Gasteiger partial charge in [-0.15, -0.1) is 0 Å². The summed E-state index contributed by atoms with van der Waals surface area (Å²) in [5.74, 6) is 0.833. The zero-order chi connectivity index (χ0) is 24.7. The van der Waals surface area contributed by atoms with Crippen molar-refractivity contribution in [2.24, 2.45) is 0 Å². The maximum absolute atomic E-state index is 14.8. The maximum Gasteiger partial charge on any atom is 0.417 e. The molecule has 3 rings (SSSR count). The number of para-hydroxylation sites is 1. The van der Waals surface area contributed by atoms with Crippen molar-refractivity contribution in [3.63, 3.8) is 0 Å². The molecule has 3 aromatic carbocycles. The summed E-state index contributed by atoms with van der Waals surface area (Å²) in [6.07, 6.45) is -4.69. The molecule has 0 radical (unpaired) electrons. The number of nitrogens with zero attached hydrogens (tertiary/aromatic N) is 1. The molecule has 3 aromatic rings. The lowest BCUT2D eigenvalue weighted by Gasteiger charge is -2.23. The number of ether oxygens (including phenoxy) is 3. The molecule has 34 heavy (non-hydrogen) atoms. The third-order valence-electron chi connectivity index (χ3n) is 5.23. The topological polar surface area (TPSA) is 30.9 Å². The Hall–Kier alpha value is -3.45. The Labute approximate surface area is 198 Å². The van der Waals surface area contributed by atoms with E-state index in [1.165, 1.54) is 32.4 Å². The first-order valence-corrected chi connectivity index (χ1v) is 10.7. The highest BCUT2D eigenvalue weighted by Gasteiger charge is 2.40. The summed E-state index contributed by atoms with van der Waals surface area (Å²) in [5, 5.41) is 0. The second-order valence-corrected chi connectivity index (χ2v) is 7.83. The minimum absolute atomic E-state index is 0.0111. The van der Waals surface area contributed by atoms with Gasteiger partial charge >= 0.3 is 6.18 Å². The molecule has 0 heterocycles. The summed E-state index contributed by atoms with van der Waals surface area (Å²) in [7, 11) is 6.60. The molecule has 0 atom stereocenters. The van der Waals surface area contributed by atoms with E-state index >= 15 is 0 Å². The van der Waals surface area contributed by atoms with Crippen molar-refractivity contribution in [2.75, 3.05) is 41.5 Å². The second-order valence-electron chi connectivity index (χ2n) is 7.83. The van der Waals surface area contributed by atoms with Gasteiger partial charge in [0.05, 0.1) is 19.8 Å². The molecule has 0 saturated heterocycles. The fourth-order valence-electron chi connectivity index (χ4n) is 3.61. The van der Waals surface area contributed by atoms with Gasteiger partial charge in [0, 0.05) is 29.3 Å². The molecule has 0 bridgehead atoms. The molecule has 180 valence electrons. The van der Waals surface area contributed by atoms with Crippen LogP contribution in [0.3, 0.4) is 0 Å². The predicted molar refractivity (Wildman–Crippen MR) is 128 cm³/mol. The predicted octanol–water partition coefficient (Wildman–Crippen LogP) is 6.17. The zero-order valence-electron chi connectivity index (χ0n) is 19.6. The molecule has 0 saturated carbocycles. The normalized spacial score (nSPS) is 12.4. The van der Waals surface area contributed by atoms with Crippen LogP contribution < -0.4 is 14.2 Å². The third-order valence-corrected chi connectivity index (χ3v) is 5.23. The molecule has 7 heteroatoms. The highest BCUT2D eigenvalue weighted by atomic mass is 19.4. The van der Waals surface area contributed by atoms with Crippen LogP contribution in [0.15, 0.2) is 72.8 Å². The minimum atomic E-state index is -4.69. The lowest BCUT2D eigenvalue weighted by atomic mass is 9.88. The highest BCUT2D eigenvalue weighted by molar-refractivity contribution is 6.02. The van der Waals surface area contributed by atoms with E-state index in [2.05, 4.69) is 0 Å². The second kappa shape index (κ2) is 11.1. The fourth-order valence-corrected chi connectivity index (χ4v) is 3.61. The Bertz CT molecular complexity index is 1130. The Morgan fingerprint density at radius 1 is 0.794 bits per heavy atom. The van der Waals surface area contributed by atoms with Gasteiger partial charge in [0.2, 0.25) is 0 Å². The summed E-state index contributed by atoms with van der Waals surface area (Å²) in [5.41, 5.74) is -0.134. The van der Waals surface area contributed by atoms with Crippen molar-refractivity contribution >= 4 is 11.1 Å². The van der Waals surface area contributed by atoms with Crippen LogP contribution in [-0.2, 0) is 0 Å². The molecule has 4 nitrogen and oxygen atoms in total. The number of halogens is 3. The third kappa shape index (κ3) is 5.91. The fraction of sp³-hybridized carbons (Fsp3) is 0.259. The van der Waals surface area contributed by atoms with Gasteiger partial charge in [-0.3, -0.25) is 0 Å². The van der Waals surface area contributed by atoms with E-state index in [4.69, 9.17) is 14.2 Å². The first-order chi connectivity index (χ1) is 16.3. The lowest BCUT2D eigenvalue weighted by Crippen LogP contribution is -2.20. The lowest BCUT2D eigenvalue weighted by molar-refractivity contribution is -0.0686. The van der Waals surface area contributed by atoms with Gasteiger partial charge in [0.15, 0.2) is 0 Å². The van der Waals surface area contributed by atoms with Gasteiger partial charge in [0.25, 0.3) is 0 Å². The summed E-state index contributed by atoms with van der Waals surface area (Å²) in [6.45, 7) is 0.955. The van der Waals surface area contributed by atoms with Crippen LogP contribution in [0.2, 0.25) is 0 Å². The van der Waals surface area contributed by atoms with E-state index in [0.717, 1.165) is 0 Å². The van der Waals surface area contributed by atoms with Gasteiger partial charge in [-0.2, -0.15) is 13.2 Å². The van der Waals surface area contributed by atoms with Crippen molar-refractivity contribution in [2.45, 2.75) is 6.18 Å². The Balaban J connectivity index is 2.35. The Kier molecular flexibility index (Phi) is 8.23. The number of rotatable bonds is 9. The molecule has 0 N–H and O–H groups in total. The molecule has 0 aromatic heterocycles. The van der Waals surface area contributed by atoms with Crippen molar-refractivity contribution in [3.05, 3.63) is 89.5 Å². The standard InChI is InChI=1S/C27H28F3NO3/c1-31(2)16-17-34-23-13-9-8-12-21(23)25(19-10-6-5-7-11-19)26(27(28,29)30)22-15-14-20(32-3)18-24(22)33-4/h5-15,18H,16-17H2,1-4H3. The Morgan fingerprint density at radius 3 is 2.09 bits per heavy atom. The first-order valence-electron chi connectivity index (χ1n) is 10.7. The number of benzene rings is 3. The van der Waals surface area contributed by atoms with Crippen LogP contribution in [0, 0.1) is 0 Å². The summed E-state index contributed by atoms with van der Waals surface area (Å²) < 4.78 is 61.0.